The number of aromatic nitrogens is 3. The molecule has 0 aliphatic rings. The molecular formula is C15H15FN6. The summed E-state index contributed by atoms with van der Waals surface area (Å²) in [6.07, 6.45) is 3.30. The van der Waals surface area contributed by atoms with Crippen LogP contribution in [0, 0.1) is 11.2 Å². The molecular weight excluding hydrogens is 283 g/mol. The van der Waals surface area contributed by atoms with E-state index in [9.17, 15) is 4.39 Å². The number of hydrogen-bond donors (Lipinski definition) is 3. The van der Waals surface area contributed by atoms with Crippen molar-refractivity contribution in [1.82, 2.24) is 20.8 Å². The van der Waals surface area contributed by atoms with Crippen molar-refractivity contribution in [2.24, 2.45) is 0 Å². The second kappa shape index (κ2) is 6.15. The van der Waals surface area contributed by atoms with Crippen molar-refractivity contribution in [3.8, 4) is 22.5 Å². The molecule has 7 heteroatoms. The Hall–Kier alpha value is -3.06. The van der Waals surface area contributed by atoms with E-state index in [2.05, 4.69) is 9.97 Å². The SMILES string of the molecule is N.N=c1nc(-c2ccc(F)cc2)cc(-c2ccncc2)n1N. The minimum absolute atomic E-state index is 0. The summed E-state index contributed by atoms with van der Waals surface area (Å²) in [6.45, 7) is 0. The molecule has 0 spiro atoms. The number of nitrogens with one attached hydrogen (secondary N) is 1. The Morgan fingerprint density at radius 1 is 1.00 bits per heavy atom. The highest BCUT2D eigenvalue weighted by molar-refractivity contribution is 5.67. The fourth-order valence-corrected chi connectivity index (χ4v) is 2.03. The van der Waals surface area contributed by atoms with Gasteiger partial charge in [-0.1, -0.05) is 0 Å². The molecule has 112 valence electrons. The van der Waals surface area contributed by atoms with Crippen LogP contribution in [0.1, 0.15) is 0 Å². The van der Waals surface area contributed by atoms with Gasteiger partial charge in [0.2, 0.25) is 5.62 Å². The molecule has 3 aromatic rings. The topological polar surface area (TPSA) is 116 Å². The van der Waals surface area contributed by atoms with E-state index in [1.165, 1.54) is 16.8 Å². The highest BCUT2D eigenvalue weighted by Gasteiger charge is 2.08. The molecule has 0 atom stereocenters. The molecule has 2 aromatic heterocycles. The Kier molecular flexibility index (Phi) is 4.28. The van der Waals surface area contributed by atoms with Gasteiger partial charge < -0.3 is 12.0 Å². The van der Waals surface area contributed by atoms with Crippen LogP contribution in [0.3, 0.4) is 0 Å². The second-order valence-corrected chi connectivity index (χ2v) is 4.46. The Morgan fingerprint density at radius 3 is 2.27 bits per heavy atom. The van der Waals surface area contributed by atoms with E-state index < -0.39 is 0 Å². The molecule has 0 aliphatic heterocycles. The first-order valence-electron chi connectivity index (χ1n) is 6.25. The zero-order valence-electron chi connectivity index (χ0n) is 11.7. The summed E-state index contributed by atoms with van der Waals surface area (Å²) < 4.78 is 14.2. The molecule has 2 heterocycles. The number of halogens is 1. The molecule has 0 bridgehead atoms. The van der Waals surface area contributed by atoms with Crippen LogP contribution < -0.4 is 17.6 Å². The number of nitrogens with two attached hydrogens (primary N) is 1. The van der Waals surface area contributed by atoms with Gasteiger partial charge in [0, 0.05) is 23.5 Å². The summed E-state index contributed by atoms with van der Waals surface area (Å²) in [5, 5.41) is 7.88. The quantitative estimate of drug-likeness (QED) is 0.628. The molecule has 0 unspecified atom stereocenters. The van der Waals surface area contributed by atoms with Crippen molar-refractivity contribution in [3.63, 3.8) is 0 Å². The maximum Gasteiger partial charge on any atom is 0.241 e. The number of benzene rings is 1. The van der Waals surface area contributed by atoms with Crippen LogP contribution in [0.25, 0.3) is 22.5 Å². The van der Waals surface area contributed by atoms with Gasteiger partial charge in [-0.15, -0.1) is 0 Å². The van der Waals surface area contributed by atoms with Crippen molar-refractivity contribution in [3.05, 3.63) is 66.3 Å². The Morgan fingerprint density at radius 2 is 1.64 bits per heavy atom. The second-order valence-electron chi connectivity index (χ2n) is 4.46. The molecule has 6 nitrogen and oxygen atoms in total. The van der Waals surface area contributed by atoms with E-state index in [-0.39, 0.29) is 17.6 Å². The van der Waals surface area contributed by atoms with Crippen molar-refractivity contribution < 1.29 is 4.39 Å². The van der Waals surface area contributed by atoms with Gasteiger partial charge in [0.1, 0.15) is 5.82 Å². The molecule has 6 N–H and O–H groups in total. The van der Waals surface area contributed by atoms with E-state index >= 15 is 0 Å². The first kappa shape index (κ1) is 15.3. The number of nitrogens with zero attached hydrogens (tertiary/aromatic N) is 3. The van der Waals surface area contributed by atoms with Gasteiger partial charge in [-0.25, -0.2) is 14.1 Å². The molecule has 0 radical (unpaired) electrons. The lowest BCUT2D eigenvalue weighted by Crippen LogP contribution is -2.31. The average molecular weight is 298 g/mol. The fraction of sp³-hybridized carbons (Fsp3) is 0. The number of rotatable bonds is 2. The third kappa shape index (κ3) is 2.84. The normalized spacial score (nSPS) is 10.0. The maximum absolute atomic E-state index is 13.0. The van der Waals surface area contributed by atoms with Gasteiger partial charge in [-0.2, -0.15) is 0 Å². The minimum atomic E-state index is -0.316. The largest absolute Gasteiger partial charge is 0.344 e. The zero-order valence-corrected chi connectivity index (χ0v) is 11.7. The lowest BCUT2D eigenvalue weighted by molar-refractivity contribution is 0.628. The molecule has 1 aromatic carbocycles. The molecule has 0 aliphatic carbocycles. The highest BCUT2D eigenvalue weighted by Crippen LogP contribution is 2.22. The van der Waals surface area contributed by atoms with E-state index in [4.69, 9.17) is 11.3 Å². The van der Waals surface area contributed by atoms with Crippen molar-refractivity contribution >= 4 is 0 Å². The van der Waals surface area contributed by atoms with Crippen molar-refractivity contribution in [2.75, 3.05) is 5.84 Å². The molecule has 0 saturated heterocycles. The third-order valence-corrected chi connectivity index (χ3v) is 3.10. The summed E-state index contributed by atoms with van der Waals surface area (Å²) in [7, 11) is 0. The van der Waals surface area contributed by atoms with Gasteiger partial charge in [0.25, 0.3) is 0 Å². The van der Waals surface area contributed by atoms with E-state index in [0.29, 0.717) is 11.4 Å². The summed E-state index contributed by atoms with van der Waals surface area (Å²) >= 11 is 0. The van der Waals surface area contributed by atoms with Crippen LogP contribution in [0.4, 0.5) is 4.39 Å². The van der Waals surface area contributed by atoms with Crippen LogP contribution in [0.2, 0.25) is 0 Å². The van der Waals surface area contributed by atoms with Gasteiger partial charge in [0.05, 0.1) is 11.4 Å². The van der Waals surface area contributed by atoms with Gasteiger partial charge >= 0.3 is 0 Å². The lowest BCUT2D eigenvalue weighted by Gasteiger charge is -2.10. The van der Waals surface area contributed by atoms with E-state index in [1.54, 1.807) is 42.7 Å². The van der Waals surface area contributed by atoms with Gasteiger partial charge in [-0.05, 0) is 42.5 Å². The van der Waals surface area contributed by atoms with Crippen LogP contribution >= 0.6 is 0 Å². The van der Waals surface area contributed by atoms with Gasteiger partial charge in [0.15, 0.2) is 0 Å². The first-order valence-corrected chi connectivity index (χ1v) is 6.25. The fourth-order valence-electron chi connectivity index (χ4n) is 2.03. The Balaban J connectivity index is 0.00000176. The molecule has 0 saturated carbocycles. The first-order chi connectivity index (χ1) is 10.1. The minimum Gasteiger partial charge on any atom is -0.344 e. The summed E-state index contributed by atoms with van der Waals surface area (Å²) in [5.74, 6) is 5.56. The maximum atomic E-state index is 13.0. The standard InChI is InChI=1S/C15H12FN5.H3N/c16-12-3-1-10(2-4-12)13-9-14(21(18)15(17)20-13)11-5-7-19-8-6-11;/h1-9,17H,18H2;1H3. The summed E-state index contributed by atoms with van der Waals surface area (Å²) in [6, 6.07) is 11.3. The van der Waals surface area contributed by atoms with Crippen molar-refractivity contribution in [1.29, 1.82) is 5.41 Å². The molecule has 3 rings (SSSR count). The lowest BCUT2D eigenvalue weighted by atomic mass is 10.1. The predicted octanol–water partition coefficient (Wildman–Crippen LogP) is 2.11. The number of nitrogen functional groups attached to an aromatic ring is 1. The van der Waals surface area contributed by atoms with Crippen LogP contribution in [-0.4, -0.2) is 14.6 Å². The molecule has 0 fully saturated rings. The monoisotopic (exact) mass is 298 g/mol. The number of hydrogen-bond acceptors (Lipinski definition) is 5. The van der Waals surface area contributed by atoms with Crippen LogP contribution in [0.5, 0.6) is 0 Å². The zero-order chi connectivity index (χ0) is 14.8. The predicted molar refractivity (Wildman–Crippen MR) is 81.9 cm³/mol. The van der Waals surface area contributed by atoms with E-state index in [0.717, 1.165) is 11.1 Å². The third-order valence-electron chi connectivity index (χ3n) is 3.10. The smallest absolute Gasteiger partial charge is 0.241 e. The Bertz CT molecular complexity index is 827. The van der Waals surface area contributed by atoms with Crippen LogP contribution in [-0.2, 0) is 0 Å². The highest BCUT2D eigenvalue weighted by atomic mass is 19.1. The molecule has 22 heavy (non-hydrogen) atoms. The van der Waals surface area contributed by atoms with Gasteiger partial charge in [-0.3, -0.25) is 10.4 Å². The average Bonchev–Trinajstić information content (AvgIpc) is 2.51. The van der Waals surface area contributed by atoms with Crippen LogP contribution in [0.15, 0.2) is 54.9 Å². The summed E-state index contributed by atoms with van der Waals surface area (Å²) in [4.78, 5) is 8.08. The number of pyridine rings is 1. The van der Waals surface area contributed by atoms with E-state index in [1.807, 2.05) is 0 Å². The van der Waals surface area contributed by atoms with Crippen molar-refractivity contribution in [2.45, 2.75) is 0 Å². The summed E-state index contributed by atoms with van der Waals surface area (Å²) in [5.41, 5.74) is 2.67. The molecule has 0 amide bonds. The Labute approximate surface area is 126 Å².